The summed E-state index contributed by atoms with van der Waals surface area (Å²) in [4.78, 5) is 2.48. The first-order valence-corrected chi connectivity index (χ1v) is 17.4. The number of hydrogen-bond acceptors (Lipinski definition) is 3. The maximum Gasteiger partial charge on any atom is 0.160 e. The lowest BCUT2D eigenvalue weighted by Crippen LogP contribution is -2.13. The fourth-order valence-corrected chi connectivity index (χ4v) is 8.63. The number of fused-ring (bicyclic) bond motifs is 7. The SMILES string of the molecule is c1ccc(-c2ccc3c(oc4ccccc43)c2N(c2ccc(-c3ccccc3)c3ccccc23)c2cccc3sc4ccccc4c23)cc1. The van der Waals surface area contributed by atoms with E-state index in [1.165, 1.54) is 42.1 Å². The van der Waals surface area contributed by atoms with E-state index >= 15 is 0 Å². The maximum absolute atomic E-state index is 6.92. The summed E-state index contributed by atoms with van der Waals surface area (Å²) in [5.41, 5.74) is 9.66. The standard InChI is InChI=1S/C46H29NOS/c1-3-14-30(15-4-1)32-28-29-39(35-19-8-7-18-34(32)35)47(40-22-13-25-43-44(40)38-21-10-12-24-42(38)49-43)45-33(31-16-5-2-6-17-31)26-27-37-36-20-9-11-23-41(36)48-46(37)45/h1-29H. The second kappa shape index (κ2) is 11.2. The highest BCUT2D eigenvalue weighted by molar-refractivity contribution is 7.26. The number of thiophene rings is 1. The lowest BCUT2D eigenvalue weighted by molar-refractivity contribution is 0.669. The predicted molar refractivity (Wildman–Crippen MR) is 210 cm³/mol. The largest absolute Gasteiger partial charge is 0.454 e. The molecule has 3 heteroatoms. The molecule has 0 spiro atoms. The summed E-state index contributed by atoms with van der Waals surface area (Å²) in [6.45, 7) is 0. The van der Waals surface area contributed by atoms with E-state index in [2.05, 4.69) is 175 Å². The van der Waals surface area contributed by atoms with Crippen molar-refractivity contribution in [2.24, 2.45) is 0 Å². The van der Waals surface area contributed by atoms with E-state index in [4.69, 9.17) is 4.42 Å². The van der Waals surface area contributed by atoms with Crippen LogP contribution >= 0.6 is 11.3 Å². The lowest BCUT2D eigenvalue weighted by Gasteiger charge is -2.30. The van der Waals surface area contributed by atoms with E-state index in [9.17, 15) is 0 Å². The van der Waals surface area contributed by atoms with Crippen LogP contribution in [0.3, 0.4) is 0 Å². The van der Waals surface area contributed by atoms with Gasteiger partial charge in [-0.3, -0.25) is 0 Å². The van der Waals surface area contributed by atoms with E-state index in [-0.39, 0.29) is 0 Å². The minimum absolute atomic E-state index is 0.871. The average molecular weight is 644 g/mol. The Kier molecular flexibility index (Phi) is 6.39. The first-order valence-electron chi connectivity index (χ1n) is 16.6. The Morgan fingerprint density at radius 2 is 1.00 bits per heavy atom. The van der Waals surface area contributed by atoms with Crippen molar-refractivity contribution in [3.63, 3.8) is 0 Å². The molecule has 0 bridgehead atoms. The van der Waals surface area contributed by atoms with Gasteiger partial charge in [0.05, 0.1) is 17.1 Å². The number of hydrogen-bond donors (Lipinski definition) is 0. The molecule has 8 aromatic carbocycles. The van der Waals surface area contributed by atoms with Crippen molar-refractivity contribution in [1.29, 1.82) is 0 Å². The monoisotopic (exact) mass is 643 g/mol. The topological polar surface area (TPSA) is 16.4 Å². The highest BCUT2D eigenvalue weighted by atomic mass is 32.1. The Bertz CT molecular complexity index is 2830. The Morgan fingerprint density at radius 3 is 1.80 bits per heavy atom. The fraction of sp³-hybridized carbons (Fsp3) is 0. The fourth-order valence-electron chi connectivity index (χ4n) is 7.51. The van der Waals surface area contributed by atoms with Crippen LogP contribution < -0.4 is 4.90 Å². The van der Waals surface area contributed by atoms with Gasteiger partial charge in [-0.1, -0.05) is 140 Å². The van der Waals surface area contributed by atoms with Gasteiger partial charge in [-0.2, -0.15) is 0 Å². The summed E-state index contributed by atoms with van der Waals surface area (Å²) < 4.78 is 9.45. The van der Waals surface area contributed by atoms with Crippen LogP contribution in [-0.4, -0.2) is 0 Å². The van der Waals surface area contributed by atoms with Crippen LogP contribution in [0.25, 0.3) is 75.1 Å². The molecule has 0 fully saturated rings. The first kappa shape index (κ1) is 27.9. The molecular formula is C46H29NOS. The molecule has 0 unspecified atom stereocenters. The van der Waals surface area contributed by atoms with Gasteiger partial charge >= 0.3 is 0 Å². The molecule has 0 amide bonds. The summed E-state index contributed by atoms with van der Waals surface area (Å²) in [7, 11) is 0. The third kappa shape index (κ3) is 4.40. The molecule has 0 N–H and O–H groups in total. The summed E-state index contributed by atoms with van der Waals surface area (Å²) in [5, 5.41) is 7.09. The van der Waals surface area contributed by atoms with Gasteiger partial charge in [0.15, 0.2) is 5.58 Å². The molecule has 2 nitrogen and oxygen atoms in total. The summed E-state index contributed by atoms with van der Waals surface area (Å²) in [6.07, 6.45) is 0. The summed E-state index contributed by atoms with van der Waals surface area (Å²) in [5.74, 6) is 0. The quantitative estimate of drug-likeness (QED) is 0.186. The second-order valence-corrected chi connectivity index (χ2v) is 13.5. The van der Waals surface area contributed by atoms with Crippen LogP contribution in [-0.2, 0) is 0 Å². The van der Waals surface area contributed by atoms with Crippen molar-refractivity contribution < 1.29 is 4.42 Å². The van der Waals surface area contributed by atoms with Crippen molar-refractivity contribution >= 4 is 81.3 Å². The second-order valence-electron chi connectivity index (χ2n) is 12.4. The molecule has 0 atom stereocenters. The van der Waals surface area contributed by atoms with Gasteiger partial charge in [0.1, 0.15) is 5.58 Å². The number of para-hydroxylation sites is 1. The Morgan fingerprint density at radius 1 is 0.388 bits per heavy atom. The minimum Gasteiger partial charge on any atom is -0.454 e. The lowest BCUT2D eigenvalue weighted by atomic mass is 9.94. The molecule has 0 saturated carbocycles. The average Bonchev–Trinajstić information content (AvgIpc) is 3.75. The van der Waals surface area contributed by atoms with Gasteiger partial charge in [-0.15, -0.1) is 11.3 Å². The summed E-state index contributed by atoms with van der Waals surface area (Å²) in [6, 6.07) is 63.1. The van der Waals surface area contributed by atoms with Crippen molar-refractivity contribution in [2.75, 3.05) is 4.90 Å². The molecule has 2 heterocycles. The molecule has 10 aromatic rings. The number of rotatable bonds is 5. The smallest absolute Gasteiger partial charge is 0.160 e. The molecular weight excluding hydrogens is 615 g/mol. The van der Waals surface area contributed by atoms with E-state index in [0.717, 1.165) is 50.1 Å². The maximum atomic E-state index is 6.92. The zero-order chi connectivity index (χ0) is 32.3. The first-order chi connectivity index (χ1) is 24.3. The zero-order valence-electron chi connectivity index (χ0n) is 26.5. The molecule has 0 radical (unpaired) electrons. The highest BCUT2D eigenvalue weighted by Crippen LogP contribution is 2.52. The van der Waals surface area contributed by atoms with Crippen LogP contribution in [0, 0.1) is 0 Å². The summed E-state index contributed by atoms with van der Waals surface area (Å²) >= 11 is 1.84. The molecule has 10 rings (SSSR count). The predicted octanol–water partition coefficient (Wildman–Crippen LogP) is 13.9. The van der Waals surface area contributed by atoms with E-state index < -0.39 is 0 Å². The van der Waals surface area contributed by atoms with Crippen LogP contribution in [0.4, 0.5) is 17.1 Å². The molecule has 0 aliphatic rings. The van der Waals surface area contributed by atoms with Gasteiger partial charge in [0.2, 0.25) is 0 Å². The number of benzene rings is 8. The number of anilines is 3. The van der Waals surface area contributed by atoms with Gasteiger partial charge in [-0.05, 0) is 58.5 Å². The van der Waals surface area contributed by atoms with Gasteiger partial charge < -0.3 is 9.32 Å². The molecule has 230 valence electrons. The van der Waals surface area contributed by atoms with Crippen LogP contribution in [0.2, 0.25) is 0 Å². The Balaban J connectivity index is 1.39. The van der Waals surface area contributed by atoms with Gasteiger partial charge in [0, 0.05) is 41.9 Å². The van der Waals surface area contributed by atoms with Crippen molar-refractivity contribution in [2.45, 2.75) is 0 Å². The van der Waals surface area contributed by atoms with E-state index in [1.807, 2.05) is 17.4 Å². The highest BCUT2D eigenvalue weighted by Gasteiger charge is 2.27. The van der Waals surface area contributed by atoms with Gasteiger partial charge in [-0.25, -0.2) is 0 Å². The van der Waals surface area contributed by atoms with Crippen LogP contribution in [0.15, 0.2) is 180 Å². The molecule has 2 aromatic heterocycles. The number of furan rings is 1. The molecule has 0 aliphatic heterocycles. The van der Waals surface area contributed by atoms with E-state index in [0.29, 0.717) is 0 Å². The third-order valence-corrected chi connectivity index (χ3v) is 10.8. The van der Waals surface area contributed by atoms with Crippen LogP contribution in [0.5, 0.6) is 0 Å². The van der Waals surface area contributed by atoms with Gasteiger partial charge in [0.25, 0.3) is 0 Å². The number of nitrogens with zero attached hydrogens (tertiary/aromatic N) is 1. The minimum atomic E-state index is 0.871. The molecule has 49 heavy (non-hydrogen) atoms. The van der Waals surface area contributed by atoms with Crippen LogP contribution in [0.1, 0.15) is 0 Å². The van der Waals surface area contributed by atoms with E-state index in [1.54, 1.807) is 0 Å². The third-order valence-electron chi connectivity index (χ3n) is 9.68. The van der Waals surface area contributed by atoms with Crippen molar-refractivity contribution in [3.05, 3.63) is 176 Å². The normalized spacial score (nSPS) is 11.7. The molecule has 0 saturated heterocycles. The Hall–Kier alpha value is -6.16. The Labute approximate surface area is 287 Å². The van der Waals surface area contributed by atoms with Crippen molar-refractivity contribution in [3.8, 4) is 22.3 Å². The molecule has 0 aliphatic carbocycles. The van der Waals surface area contributed by atoms with Crippen molar-refractivity contribution in [1.82, 2.24) is 0 Å². The zero-order valence-corrected chi connectivity index (χ0v) is 27.3.